The lowest BCUT2D eigenvalue weighted by Crippen LogP contribution is -2.54. The molecule has 2 rings (SSSR count). The molecule has 0 aromatic heterocycles. The van der Waals surface area contributed by atoms with Gasteiger partial charge in [-0.25, -0.2) is 0 Å². The van der Waals surface area contributed by atoms with E-state index in [0.717, 1.165) is 11.4 Å². The van der Waals surface area contributed by atoms with Crippen molar-refractivity contribution in [1.29, 1.82) is 0 Å². The Morgan fingerprint density at radius 2 is 1.89 bits per heavy atom. The molecule has 2 N–H and O–H groups in total. The van der Waals surface area contributed by atoms with Crippen molar-refractivity contribution in [3.05, 3.63) is 23.3 Å². The zero-order valence-corrected chi connectivity index (χ0v) is 12.1. The van der Waals surface area contributed by atoms with Crippen LogP contribution >= 0.6 is 0 Å². The number of hydrogen-bond donors (Lipinski definition) is 2. The summed E-state index contributed by atoms with van der Waals surface area (Å²) in [7, 11) is 0. The zero-order valence-electron chi connectivity index (χ0n) is 12.1. The van der Waals surface area contributed by atoms with Gasteiger partial charge in [-0.05, 0) is 57.4 Å². The fourth-order valence-corrected chi connectivity index (χ4v) is 2.41. The van der Waals surface area contributed by atoms with Gasteiger partial charge in [0.25, 0.3) is 5.91 Å². The Morgan fingerprint density at radius 1 is 1.26 bits per heavy atom. The lowest BCUT2D eigenvalue weighted by atomic mass is 9.95. The molecule has 0 atom stereocenters. The molecule has 0 bridgehead atoms. The highest BCUT2D eigenvalue weighted by molar-refractivity contribution is 6.07. The number of fused-ring (bicyclic) bond motifs is 1. The Balaban J connectivity index is 2.48. The van der Waals surface area contributed by atoms with Crippen molar-refractivity contribution < 1.29 is 9.90 Å². The number of hydrogen-bond acceptors (Lipinski definition) is 3. The van der Waals surface area contributed by atoms with Crippen LogP contribution in [0, 0.1) is 13.8 Å². The predicted octanol–water partition coefficient (Wildman–Crippen LogP) is 2.22. The maximum atomic E-state index is 12.5. The second-order valence-electron chi connectivity index (χ2n) is 5.74. The van der Waals surface area contributed by atoms with Crippen molar-refractivity contribution in [2.45, 2.75) is 39.7 Å². The van der Waals surface area contributed by atoms with Crippen molar-refractivity contribution in [2.24, 2.45) is 0 Å². The Kier molecular flexibility index (Phi) is 3.54. The molecule has 0 fully saturated rings. The molecule has 19 heavy (non-hydrogen) atoms. The van der Waals surface area contributed by atoms with Crippen LogP contribution in [0.15, 0.2) is 12.1 Å². The first-order valence-corrected chi connectivity index (χ1v) is 6.69. The highest BCUT2D eigenvalue weighted by Gasteiger charge is 2.38. The van der Waals surface area contributed by atoms with Gasteiger partial charge in [-0.1, -0.05) is 0 Å². The maximum absolute atomic E-state index is 12.5. The Hall–Kier alpha value is -1.55. The third kappa shape index (κ3) is 2.45. The van der Waals surface area contributed by atoms with E-state index in [9.17, 15) is 4.79 Å². The molecule has 4 heteroatoms. The van der Waals surface area contributed by atoms with Gasteiger partial charge in [0.15, 0.2) is 0 Å². The number of aliphatic hydroxyl groups is 1. The van der Waals surface area contributed by atoms with Crippen LogP contribution < -0.4 is 10.2 Å². The van der Waals surface area contributed by atoms with Crippen LogP contribution in [-0.4, -0.2) is 29.7 Å². The number of anilines is 2. The molecule has 1 aromatic rings. The van der Waals surface area contributed by atoms with E-state index in [1.807, 2.05) is 26.8 Å². The van der Waals surface area contributed by atoms with E-state index in [-0.39, 0.29) is 12.5 Å². The normalized spacial score (nSPS) is 17.1. The summed E-state index contributed by atoms with van der Waals surface area (Å²) < 4.78 is 0. The van der Waals surface area contributed by atoms with Crippen LogP contribution in [0.5, 0.6) is 0 Å². The first kappa shape index (κ1) is 13.9. The first-order valence-electron chi connectivity index (χ1n) is 6.69. The van der Waals surface area contributed by atoms with E-state index < -0.39 is 5.54 Å². The van der Waals surface area contributed by atoms with Crippen molar-refractivity contribution >= 4 is 17.3 Å². The Morgan fingerprint density at radius 3 is 2.53 bits per heavy atom. The van der Waals surface area contributed by atoms with Crippen molar-refractivity contribution in [3.8, 4) is 0 Å². The summed E-state index contributed by atoms with van der Waals surface area (Å²) in [6.45, 7) is 8.54. The third-order valence-electron chi connectivity index (χ3n) is 3.67. The number of nitrogens with one attached hydrogen (secondary N) is 1. The molecule has 0 radical (unpaired) electrons. The van der Waals surface area contributed by atoms with E-state index in [4.69, 9.17) is 5.11 Å². The van der Waals surface area contributed by atoms with Crippen molar-refractivity contribution in [2.75, 3.05) is 23.4 Å². The Bertz CT molecular complexity index is 509. The minimum atomic E-state index is -0.607. The topological polar surface area (TPSA) is 52.6 Å². The van der Waals surface area contributed by atoms with Crippen molar-refractivity contribution in [1.82, 2.24) is 0 Å². The van der Waals surface area contributed by atoms with Crippen molar-refractivity contribution in [3.63, 3.8) is 0 Å². The molecule has 104 valence electrons. The van der Waals surface area contributed by atoms with Gasteiger partial charge in [0.05, 0.1) is 11.4 Å². The van der Waals surface area contributed by atoms with Gasteiger partial charge in [-0.2, -0.15) is 0 Å². The number of amides is 1. The van der Waals surface area contributed by atoms with E-state index in [1.165, 1.54) is 11.1 Å². The fraction of sp³-hybridized carbons (Fsp3) is 0.533. The quantitative estimate of drug-likeness (QED) is 0.878. The minimum absolute atomic E-state index is 0.0525. The van der Waals surface area contributed by atoms with E-state index in [0.29, 0.717) is 13.0 Å². The molecule has 0 aliphatic carbocycles. The second kappa shape index (κ2) is 4.85. The molecule has 4 nitrogen and oxygen atoms in total. The molecular formula is C15H22N2O2. The number of nitrogens with zero attached hydrogens (tertiary/aromatic N) is 1. The number of carbonyl (C=O) groups excluding carboxylic acids is 1. The van der Waals surface area contributed by atoms with Gasteiger partial charge in [-0.3, -0.25) is 4.79 Å². The first-order chi connectivity index (χ1) is 8.86. The molecule has 0 spiro atoms. The standard InChI is InChI=1S/C15H22N2O2/c1-10-8-12-13(9-11(10)2)17(6-5-7-18)14(19)15(3,4)16-12/h8-9,16,18H,5-7H2,1-4H3. The van der Waals surface area contributed by atoms with E-state index in [1.54, 1.807) is 4.90 Å². The molecule has 0 unspecified atom stereocenters. The highest BCUT2D eigenvalue weighted by Crippen LogP contribution is 2.37. The summed E-state index contributed by atoms with van der Waals surface area (Å²) in [6.07, 6.45) is 0.591. The van der Waals surface area contributed by atoms with Gasteiger partial charge in [-0.15, -0.1) is 0 Å². The van der Waals surface area contributed by atoms with E-state index in [2.05, 4.69) is 18.3 Å². The minimum Gasteiger partial charge on any atom is -0.396 e. The number of benzene rings is 1. The molecule has 1 heterocycles. The van der Waals surface area contributed by atoms with E-state index >= 15 is 0 Å². The van der Waals surface area contributed by atoms with Gasteiger partial charge < -0.3 is 15.3 Å². The molecule has 0 saturated carbocycles. The lowest BCUT2D eigenvalue weighted by molar-refractivity contribution is -0.122. The molecule has 1 amide bonds. The molecular weight excluding hydrogens is 240 g/mol. The monoisotopic (exact) mass is 262 g/mol. The van der Waals surface area contributed by atoms with Gasteiger partial charge in [0.1, 0.15) is 5.54 Å². The average molecular weight is 262 g/mol. The predicted molar refractivity (Wildman–Crippen MR) is 77.7 cm³/mol. The summed E-state index contributed by atoms with van der Waals surface area (Å²) in [6, 6.07) is 4.13. The summed E-state index contributed by atoms with van der Waals surface area (Å²) in [4.78, 5) is 14.3. The fourth-order valence-electron chi connectivity index (χ4n) is 2.41. The number of carbonyl (C=O) groups is 1. The molecule has 1 aliphatic heterocycles. The van der Waals surface area contributed by atoms with Crippen LogP contribution in [0.1, 0.15) is 31.4 Å². The van der Waals surface area contributed by atoms with Gasteiger partial charge in [0.2, 0.25) is 0 Å². The Labute approximate surface area is 114 Å². The molecule has 1 aliphatic rings. The summed E-state index contributed by atoms with van der Waals surface area (Å²) in [5.41, 5.74) is 3.68. The highest BCUT2D eigenvalue weighted by atomic mass is 16.3. The third-order valence-corrected chi connectivity index (χ3v) is 3.67. The SMILES string of the molecule is Cc1cc2c(cc1C)N(CCCO)C(=O)C(C)(C)N2. The maximum Gasteiger partial charge on any atom is 0.252 e. The second-order valence-corrected chi connectivity index (χ2v) is 5.74. The molecule has 0 saturated heterocycles. The van der Waals surface area contributed by atoms with Gasteiger partial charge in [0, 0.05) is 13.2 Å². The number of aliphatic hydroxyl groups excluding tert-OH is 1. The van der Waals surface area contributed by atoms with Crippen LogP contribution in [0.2, 0.25) is 0 Å². The molecule has 1 aromatic carbocycles. The number of rotatable bonds is 3. The largest absolute Gasteiger partial charge is 0.396 e. The number of aryl methyl sites for hydroxylation is 2. The summed E-state index contributed by atoms with van der Waals surface area (Å²) in [5.74, 6) is 0.0525. The smallest absolute Gasteiger partial charge is 0.252 e. The van der Waals surface area contributed by atoms with Crippen LogP contribution in [0.3, 0.4) is 0 Å². The summed E-state index contributed by atoms with van der Waals surface area (Å²) >= 11 is 0. The lowest BCUT2D eigenvalue weighted by Gasteiger charge is -2.40. The van der Waals surface area contributed by atoms with Gasteiger partial charge >= 0.3 is 0 Å². The van der Waals surface area contributed by atoms with Crippen LogP contribution in [0.25, 0.3) is 0 Å². The summed E-state index contributed by atoms with van der Waals surface area (Å²) in [5, 5.41) is 12.3. The zero-order chi connectivity index (χ0) is 14.2. The van der Waals surface area contributed by atoms with Crippen LogP contribution in [-0.2, 0) is 4.79 Å². The van der Waals surface area contributed by atoms with Crippen LogP contribution in [0.4, 0.5) is 11.4 Å². The average Bonchev–Trinajstić information content (AvgIpc) is 2.33.